The number of aryl methyl sites for hydroxylation is 1. The number of halogens is 2. The molecule has 0 saturated carbocycles. The molecule has 1 aliphatic rings. The van der Waals surface area contributed by atoms with Crippen LogP contribution in [0.4, 0.5) is 8.78 Å². The Labute approximate surface area is 137 Å². The van der Waals surface area contributed by atoms with Crippen molar-refractivity contribution in [1.29, 1.82) is 0 Å². The molecule has 2 heteroatoms. The molecule has 0 nitrogen and oxygen atoms in total. The minimum absolute atomic E-state index is 0.404. The van der Waals surface area contributed by atoms with E-state index in [1.54, 1.807) is 0 Å². The molecule has 0 aliphatic heterocycles. The molecule has 0 heterocycles. The highest BCUT2D eigenvalue weighted by Crippen LogP contribution is 2.37. The van der Waals surface area contributed by atoms with Crippen LogP contribution in [-0.2, 0) is 19.3 Å². The molecule has 0 aromatic heterocycles. The maximum Gasteiger partial charge on any atom is 0.166 e. The highest BCUT2D eigenvalue weighted by atomic mass is 19.2. The Bertz CT molecular complexity index is 686. The van der Waals surface area contributed by atoms with E-state index >= 15 is 0 Å². The Morgan fingerprint density at radius 1 is 0.957 bits per heavy atom. The fourth-order valence-electron chi connectivity index (χ4n) is 3.75. The summed E-state index contributed by atoms with van der Waals surface area (Å²) in [5.41, 5.74) is 4.01. The predicted octanol–water partition coefficient (Wildman–Crippen LogP) is 6.10. The van der Waals surface area contributed by atoms with Gasteiger partial charge in [-0.1, -0.05) is 57.4 Å². The topological polar surface area (TPSA) is 0 Å². The molecule has 2 aromatic carbocycles. The van der Waals surface area contributed by atoms with Crippen LogP contribution in [0.15, 0.2) is 30.3 Å². The zero-order valence-corrected chi connectivity index (χ0v) is 14.0. The third kappa shape index (κ3) is 3.17. The Hall–Kier alpha value is -1.70. The van der Waals surface area contributed by atoms with E-state index in [4.69, 9.17) is 0 Å². The molecule has 1 atom stereocenters. The summed E-state index contributed by atoms with van der Waals surface area (Å²) in [5, 5.41) is 0. The minimum atomic E-state index is -0.691. The number of benzene rings is 2. The number of rotatable bonds is 5. The van der Waals surface area contributed by atoms with Crippen molar-refractivity contribution in [2.45, 2.75) is 52.4 Å². The molecule has 2 aromatic rings. The highest BCUT2D eigenvalue weighted by molar-refractivity contribution is 5.67. The van der Waals surface area contributed by atoms with Crippen LogP contribution in [0, 0.1) is 17.6 Å². The van der Waals surface area contributed by atoms with E-state index < -0.39 is 11.6 Å². The van der Waals surface area contributed by atoms with Gasteiger partial charge in [-0.25, -0.2) is 8.78 Å². The van der Waals surface area contributed by atoms with Gasteiger partial charge < -0.3 is 0 Å². The van der Waals surface area contributed by atoms with Gasteiger partial charge in [0.2, 0.25) is 0 Å². The Balaban J connectivity index is 1.95. The van der Waals surface area contributed by atoms with Gasteiger partial charge in [0.15, 0.2) is 11.6 Å². The molecule has 0 N–H and O–H groups in total. The van der Waals surface area contributed by atoms with Crippen LogP contribution >= 0.6 is 0 Å². The average molecular weight is 314 g/mol. The first-order valence-electron chi connectivity index (χ1n) is 8.73. The molecule has 122 valence electrons. The van der Waals surface area contributed by atoms with E-state index in [1.807, 2.05) is 30.3 Å². The fraction of sp³-hybridized carbons (Fsp3) is 0.429. The first-order valence-corrected chi connectivity index (χ1v) is 8.73. The molecule has 1 aliphatic carbocycles. The lowest BCUT2D eigenvalue weighted by atomic mass is 9.97. The summed E-state index contributed by atoms with van der Waals surface area (Å²) in [6, 6.07) is 9.73. The maximum absolute atomic E-state index is 14.5. The molecular weight excluding hydrogens is 290 g/mol. The lowest BCUT2D eigenvalue weighted by molar-refractivity contribution is 0.482. The predicted molar refractivity (Wildman–Crippen MR) is 91.6 cm³/mol. The lowest BCUT2D eigenvalue weighted by Gasteiger charge is -2.10. The van der Waals surface area contributed by atoms with Crippen LogP contribution in [0.2, 0.25) is 0 Å². The van der Waals surface area contributed by atoms with Gasteiger partial charge in [0.1, 0.15) is 0 Å². The number of fused-ring (bicyclic) bond motifs is 1. The van der Waals surface area contributed by atoms with Crippen molar-refractivity contribution in [3.63, 3.8) is 0 Å². The minimum Gasteiger partial charge on any atom is -0.203 e. The van der Waals surface area contributed by atoms with Gasteiger partial charge in [-0.3, -0.25) is 0 Å². The van der Waals surface area contributed by atoms with E-state index in [1.165, 1.54) is 5.56 Å². The molecule has 0 saturated heterocycles. The van der Waals surface area contributed by atoms with E-state index in [2.05, 4.69) is 13.8 Å². The summed E-state index contributed by atoms with van der Waals surface area (Å²) in [4.78, 5) is 0. The normalized spacial score (nSPS) is 16.6. The van der Waals surface area contributed by atoms with E-state index in [9.17, 15) is 8.78 Å². The highest BCUT2D eigenvalue weighted by Gasteiger charge is 2.27. The number of hydrogen-bond acceptors (Lipinski definition) is 0. The molecule has 23 heavy (non-hydrogen) atoms. The zero-order valence-electron chi connectivity index (χ0n) is 14.0. The van der Waals surface area contributed by atoms with Gasteiger partial charge in [0.05, 0.1) is 0 Å². The van der Waals surface area contributed by atoms with Gasteiger partial charge in [-0.05, 0) is 53.5 Å². The molecule has 0 spiro atoms. The van der Waals surface area contributed by atoms with Gasteiger partial charge in [0.25, 0.3) is 0 Å². The monoisotopic (exact) mass is 314 g/mol. The van der Waals surface area contributed by atoms with Gasteiger partial charge in [0, 0.05) is 5.56 Å². The van der Waals surface area contributed by atoms with E-state index in [-0.39, 0.29) is 0 Å². The molecule has 0 fully saturated rings. The van der Waals surface area contributed by atoms with Crippen molar-refractivity contribution in [2.24, 2.45) is 5.92 Å². The zero-order chi connectivity index (χ0) is 16.4. The third-order valence-corrected chi connectivity index (χ3v) is 4.90. The Kier molecular flexibility index (Phi) is 4.79. The first-order chi connectivity index (χ1) is 11.1. The second kappa shape index (κ2) is 6.82. The SMILES string of the molecule is CCCc1ccc(-c2cc3c(c(F)c2F)C[C@H](CCC)C3)cc1. The van der Waals surface area contributed by atoms with Crippen molar-refractivity contribution >= 4 is 0 Å². The summed E-state index contributed by atoms with van der Waals surface area (Å²) in [7, 11) is 0. The van der Waals surface area contributed by atoms with Crippen LogP contribution in [0.25, 0.3) is 11.1 Å². The molecule has 0 amide bonds. The summed E-state index contributed by atoms with van der Waals surface area (Å²) in [6.07, 6.45) is 5.83. The number of hydrogen-bond donors (Lipinski definition) is 0. The Morgan fingerprint density at radius 2 is 1.70 bits per heavy atom. The molecular formula is C21H24F2. The van der Waals surface area contributed by atoms with Gasteiger partial charge >= 0.3 is 0 Å². The standard InChI is InChI=1S/C21H24F2/c1-3-5-14-7-9-16(10-8-14)19-13-17-11-15(6-4-2)12-18(17)20(22)21(19)23/h7-10,13,15H,3-6,11-12H2,1-2H3/t15-/m1/s1. The van der Waals surface area contributed by atoms with Crippen LogP contribution in [0.5, 0.6) is 0 Å². The van der Waals surface area contributed by atoms with Gasteiger partial charge in [-0.15, -0.1) is 0 Å². The molecule has 3 rings (SSSR count). The van der Waals surface area contributed by atoms with Crippen molar-refractivity contribution in [2.75, 3.05) is 0 Å². The summed E-state index contributed by atoms with van der Waals surface area (Å²) >= 11 is 0. The van der Waals surface area contributed by atoms with Crippen molar-refractivity contribution < 1.29 is 8.78 Å². The Morgan fingerprint density at radius 3 is 2.35 bits per heavy atom. The van der Waals surface area contributed by atoms with Crippen molar-refractivity contribution in [3.05, 3.63) is 58.7 Å². The van der Waals surface area contributed by atoms with E-state index in [0.29, 0.717) is 23.5 Å². The van der Waals surface area contributed by atoms with Crippen LogP contribution in [-0.4, -0.2) is 0 Å². The largest absolute Gasteiger partial charge is 0.203 e. The lowest BCUT2D eigenvalue weighted by Crippen LogP contribution is -1.99. The molecule has 0 bridgehead atoms. The quantitative estimate of drug-likeness (QED) is 0.625. The fourth-order valence-corrected chi connectivity index (χ4v) is 3.75. The maximum atomic E-state index is 14.5. The van der Waals surface area contributed by atoms with Gasteiger partial charge in [-0.2, -0.15) is 0 Å². The molecule has 0 unspecified atom stereocenters. The summed E-state index contributed by atoms with van der Waals surface area (Å²) in [6.45, 7) is 4.28. The van der Waals surface area contributed by atoms with Crippen LogP contribution in [0.1, 0.15) is 49.8 Å². The average Bonchev–Trinajstić information content (AvgIpc) is 2.95. The van der Waals surface area contributed by atoms with Crippen LogP contribution < -0.4 is 0 Å². The second-order valence-corrected chi connectivity index (χ2v) is 6.70. The summed E-state index contributed by atoms with van der Waals surface area (Å²) < 4.78 is 29.0. The second-order valence-electron chi connectivity index (χ2n) is 6.70. The molecule has 0 radical (unpaired) electrons. The van der Waals surface area contributed by atoms with E-state index in [0.717, 1.165) is 43.2 Å². The first kappa shape index (κ1) is 16.2. The summed E-state index contributed by atoms with van der Waals surface area (Å²) in [5.74, 6) is -0.857. The van der Waals surface area contributed by atoms with Crippen molar-refractivity contribution in [1.82, 2.24) is 0 Å². The van der Waals surface area contributed by atoms with Crippen molar-refractivity contribution in [3.8, 4) is 11.1 Å². The third-order valence-electron chi connectivity index (χ3n) is 4.90. The van der Waals surface area contributed by atoms with Crippen LogP contribution in [0.3, 0.4) is 0 Å². The smallest absolute Gasteiger partial charge is 0.166 e.